The summed E-state index contributed by atoms with van der Waals surface area (Å²) in [6.45, 7) is 1.67. The standard InChI is InChI=1S/C10H10BrN3O/c1-7(6-12)14(2)10(15)8-3-4-13-9(11)5-8/h3-5,7H,1-2H3. The van der Waals surface area contributed by atoms with E-state index in [1.807, 2.05) is 6.07 Å². The molecule has 1 rings (SSSR count). The van der Waals surface area contributed by atoms with Gasteiger partial charge in [0.2, 0.25) is 0 Å². The molecule has 78 valence electrons. The van der Waals surface area contributed by atoms with Crippen LogP contribution in [0, 0.1) is 11.3 Å². The minimum Gasteiger partial charge on any atom is -0.326 e. The van der Waals surface area contributed by atoms with Crippen LogP contribution in [0.25, 0.3) is 0 Å². The summed E-state index contributed by atoms with van der Waals surface area (Å²) >= 11 is 3.19. The van der Waals surface area contributed by atoms with E-state index < -0.39 is 6.04 Å². The molecular formula is C10H10BrN3O. The Morgan fingerprint density at radius 3 is 2.93 bits per heavy atom. The Labute approximate surface area is 96.7 Å². The van der Waals surface area contributed by atoms with Crippen LogP contribution in [-0.2, 0) is 0 Å². The van der Waals surface area contributed by atoms with Crippen LogP contribution in [0.3, 0.4) is 0 Å². The van der Waals surface area contributed by atoms with Crippen molar-refractivity contribution in [3.8, 4) is 6.07 Å². The summed E-state index contributed by atoms with van der Waals surface area (Å²) in [5, 5.41) is 8.69. The van der Waals surface area contributed by atoms with E-state index in [4.69, 9.17) is 5.26 Å². The maximum atomic E-state index is 11.8. The summed E-state index contributed by atoms with van der Waals surface area (Å²) in [4.78, 5) is 17.1. The molecule has 5 heteroatoms. The first kappa shape index (κ1) is 11.7. The fourth-order valence-electron chi connectivity index (χ4n) is 1.00. The lowest BCUT2D eigenvalue weighted by Gasteiger charge is -2.19. The molecule has 0 fully saturated rings. The molecule has 1 atom stereocenters. The van der Waals surface area contributed by atoms with Crippen LogP contribution in [0.5, 0.6) is 0 Å². The van der Waals surface area contributed by atoms with Crippen molar-refractivity contribution in [2.24, 2.45) is 0 Å². The molecule has 15 heavy (non-hydrogen) atoms. The second-order valence-electron chi connectivity index (χ2n) is 3.09. The minimum absolute atomic E-state index is 0.188. The molecule has 0 radical (unpaired) electrons. The van der Waals surface area contributed by atoms with Crippen LogP contribution in [0.15, 0.2) is 22.9 Å². The molecule has 0 bridgehead atoms. The van der Waals surface area contributed by atoms with Crippen LogP contribution in [0.4, 0.5) is 0 Å². The van der Waals surface area contributed by atoms with Crippen molar-refractivity contribution in [2.45, 2.75) is 13.0 Å². The Bertz CT molecular complexity index is 413. The lowest BCUT2D eigenvalue weighted by Crippen LogP contribution is -2.34. The smallest absolute Gasteiger partial charge is 0.254 e. The first-order valence-electron chi connectivity index (χ1n) is 4.34. The normalized spacial score (nSPS) is 11.6. The van der Waals surface area contributed by atoms with E-state index >= 15 is 0 Å². The fraction of sp³-hybridized carbons (Fsp3) is 0.300. The summed E-state index contributed by atoms with van der Waals surface area (Å²) in [6.07, 6.45) is 1.54. The third-order valence-electron chi connectivity index (χ3n) is 2.06. The molecule has 4 nitrogen and oxygen atoms in total. The van der Waals surface area contributed by atoms with Gasteiger partial charge in [0.15, 0.2) is 0 Å². The van der Waals surface area contributed by atoms with Gasteiger partial charge in [0.1, 0.15) is 10.6 Å². The van der Waals surface area contributed by atoms with Gasteiger partial charge in [0, 0.05) is 18.8 Å². The Balaban J connectivity index is 2.91. The molecule has 1 unspecified atom stereocenters. The monoisotopic (exact) mass is 267 g/mol. The highest BCUT2D eigenvalue weighted by Crippen LogP contribution is 2.11. The van der Waals surface area contributed by atoms with Crippen LogP contribution in [0.2, 0.25) is 0 Å². The second kappa shape index (κ2) is 4.89. The average Bonchev–Trinajstić information content (AvgIpc) is 2.26. The van der Waals surface area contributed by atoms with Gasteiger partial charge in [-0.05, 0) is 35.0 Å². The van der Waals surface area contributed by atoms with E-state index in [1.54, 1.807) is 32.3 Å². The number of carbonyl (C=O) groups excluding carboxylic acids is 1. The predicted molar refractivity (Wildman–Crippen MR) is 59.1 cm³/mol. The topological polar surface area (TPSA) is 57.0 Å². The highest BCUT2D eigenvalue weighted by molar-refractivity contribution is 9.10. The number of halogens is 1. The Hall–Kier alpha value is -1.41. The average molecular weight is 268 g/mol. The summed E-state index contributed by atoms with van der Waals surface area (Å²) in [5.74, 6) is -0.188. The van der Waals surface area contributed by atoms with Gasteiger partial charge in [-0.1, -0.05) is 0 Å². The molecule has 0 spiro atoms. The van der Waals surface area contributed by atoms with Crippen molar-refractivity contribution in [1.82, 2.24) is 9.88 Å². The summed E-state index contributed by atoms with van der Waals surface area (Å²) in [5.41, 5.74) is 0.515. The van der Waals surface area contributed by atoms with Gasteiger partial charge >= 0.3 is 0 Å². The number of amides is 1. The van der Waals surface area contributed by atoms with Crippen molar-refractivity contribution >= 4 is 21.8 Å². The molecule has 1 heterocycles. The minimum atomic E-state index is -0.440. The molecule has 0 aliphatic carbocycles. The largest absolute Gasteiger partial charge is 0.326 e. The van der Waals surface area contributed by atoms with Gasteiger partial charge in [-0.3, -0.25) is 4.79 Å². The number of hydrogen-bond donors (Lipinski definition) is 0. The molecule has 0 saturated carbocycles. The third-order valence-corrected chi connectivity index (χ3v) is 2.50. The van der Waals surface area contributed by atoms with Crippen molar-refractivity contribution in [1.29, 1.82) is 5.26 Å². The maximum absolute atomic E-state index is 11.8. The maximum Gasteiger partial charge on any atom is 0.254 e. The molecule has 0 aliphatic rings. The Morgan fingerprint density at radius 2 is 2.40 bits per heavy atom. The van der Waals surface area contributed by atoms with Crippen molar-refractivity contribution in [2.75, 3.05) is 7.05 Å². The number of hydrogen-bond acceptors (Lipinski definition) is 3. The molecule has 0 N–H and O–H groups in total. The van der Waals surface area contributed by atoms with Crippen LogP contribution in [-0.4, -0.2) is 28.9 Å². The molecular weight excluding hydrogens is 258 g/mol. The van der Waals surface area contributed by atoms with E-state index in [9.17, 15) is 4.79 Å². The number of nitriles is 1. The second-order valence-corrected chi connectivity index (χ2v) is 3.90. The first-order chi connectivity index (χ1) is 7.06. The van der Waals surface area contributed by atoms with Crippen molar-refractivity contribution in [3.05, 3.63) is 28.5 Å². The zero-order valence-electron chi connectivity index (χ0n) is 8.44. The van der Waals surface area contributed by atoms with Gasteiger partial charge in [-0.25, -0.2) is 4.98 Å². The number of carbonyl (C=O) groups is 1. The van der Waals surface area contributed by atoms with Gasteiger partial charge in [-0.2, -0.15) is 5.26 Å². The fourth-order valence-corrected chi connectivity index (χ4v) is 1.37. The van der Waals surface area contributed by atoms with Crippen molar-refractivity contribution < 1.29 is 4.79 Å². The summed E-state index contributed by atoms with van der Waals surface area (Å²) in [7, 11) is 1.60. The SMILES string of the molecule is CC(C#N)N(C)C(=O)c1ccnc(Br)c1. The summed E-state index contributed by atoms with van der Waals surface area (Å²) in [6, 6.07) is 4.81. The van der Waals surface area contributed by atoms with Gasteiger partial charge < -0.3 is 4.90 Å². The molecule has 0 aliphatic heterocycles. The van der Waals surface area contributed by atoms with E-state index in [2.05, 4.69) is 20.9 Å². The van der Waals surface area contributed by atoms with Crippen LogP contribution < -0.4 is 0 Å². The van der Waals surface area contributed by atoms with Crippen molar-refractivity contribution in [3.63, 3.8) is 0 Å². The number of nitrogens with zero attached hydrogens (tertiary/aromatic N) is 3. The zero-order chi connectivity index (χ0) is 11.4. The first-order valence-corrected chi connectivity index (χ1v) is 5.14. The Kier molecular flexibility index (Phi) is 3.81. The van der Waals surface area contributed by atoms with Crippen LogP contribution in [0.1, 0.15) is 17.3 Å². The quantitative estimate of drug-likeness (QED) is 0.769. The predicted octanol–water partition coefficient (Wildman–Crippen LogP) is 1.83. The third kappa shape index (κ3) is 2.77. The summed E-state index contributed by atoms with van der Waals surface area (Å²) < 4.78 is 0.603. The number of pyridine rings is 1. The number of aromatic nitrogens is 1. The lowest BCUT2D eigenvalue weighted by atomic mass is 10.2. The molecule has 0 aromatic carbocycles. The highest BCUT2D eigenvalue weighted by Gasteiger charge is 2.16. The van der Waals surface area contributed by atoms with E-state index in [0.717, 1.165) is 0 Å². The molecule has 1 amide bonds. The van der Waals surface area contributed by atoms with E-state index in [-0.39, 0.29) is 5.91 Å². The molecule has 0 saturated heterocycles. The Morgan fingerprint density at radius 1 is 1.73 bits per heavy atom. The van der Waals surface area contributed by atoms with Gasteiger partial charge in [0.25, 0.3) is 5.91 Å². The van der Waals surface area contributed by atoms with E-state index in [0.29, 0.717) is 10.2 Å². The number of rotatable bonds is 2. The van der Waals surface area contributed by atoms with Gasteiger partial charge in [0.05, 0.1) is 6.07 Å². The molecule has 1 aromatic heterocycles. The van der Waals surface area contributed by atoms with Crippen LogP contribution >= 0.6 is 15.9 Å². The lowest BCUT2D eigenvalue weighted by molar-refractivity contribution is 0.0773. The highest BCUT2D eigenvalue weighted by atomic mass is 79.9. The van der Waals surface area contributed by atoms with E-state index in [1.165, 1.54) is 4.90 Å². The zero-order valence-corrected chi connectivity index (χ0v) is 10.0. The molecule has 1 aromatic rings. The van der Waals surface area contributed by atoms with Gasteiger partial charge in [-0.15, -0.1) is 0 Å².